The third kappa shape index (κ3) is 3.65. The van der Waals surface area contributed by atoms with Gasteiger partial charge < -0.3 is 10.1 Å². The van der Waals surface area contributed by atoms with E-state index in [9.17, 15) is 4.79 Å². The SMILES string of the molecule is COc1cccc(Cn2nc(C)c(NC(=O)c3nn(C)cc3Br)c2C)c1. The maximum absolute atomic E-state index is 12.5. The van der Waals surface area contributed by atoms with Crippen LogP contribution < -0.4 is 10.1 Å². The van der Waals surface area contributed by atoms with E-state index in [4.69, 9.17) is 4.74 Å². The summed E-state index contributed by atoms with van der Waals surface area (Å²) in [6.45, 7) is 4.40. The maximum atomic E-state index is 12.5. The second kappa shape index (κ2) is 7.33. The van der Waals surface area contributed by atoms with E-state index in [0.29, 0.717) is 22.4 Å². The van der Waals surface area contributed by atoms with Crippen molar-refractivity contribution in [3.8, 4) is 5.75 Å². The van der Waals surface area contributed by atoms with Crippen LogP contribution >= 0.6 is 15.9 Å². The highest BCUT2D eigenvalue weighted by Gasteiger charge is 2.19. The largest absolute Gasteiger partial charge is 0.497 e. The van der Waals surface area contributed by atoms with Crippen LogP contribution in [0.3, 0.4) is 0 Å². The molecule has 1 amide bonds. The fourth-order valence-corrected chi connectivity index (χ4v) is 3.32. The number of carbonyl (C=O) groups excluding carboxylic acids is 1. The number of rotatable bonds is 5. The predicted octanol–water partition coefficient (Wildman–Crippen LogP) is 3.31. The first-order chi connectivity index (χ1) is 12.4. The Bertz CT molecular complexity index is 961. The Hall–Kier alpha value is -2.61. The number of nitrogens with one attached hydrogen (secondary N) is 1. The van der Waals surface area contributed by atoms with Crippen LogP contribution in [0, 0.1) is 13.8 Å². The van der Waals surface area contributed by atoms with Crippen LogP contribution in [0.1, 0.15) is 27.4 Å². The number of ether oxygens (including phenoxy) is 1. The molecular formula is C18H20BrN5O2. The van der Waals surface area contributed by atoms with E-state index in [1.807, 2.05) is 42.8 Å². The van der Waals surface area contributed by atoms with Crippen LogP contribution in [0.4, 0.5) is 5.69 Å². The second-order valence-electron chi connectivity index (χ2n) is 6.01. The lowest BCUT2D eigenvalue weighted by Gasteiger charge is -2.08. The van der Waals surface area contributed by atoms with Crippen LogP contribution in [0.25, 0.3) is 0 Å². The number of aryl methyl sites for hydroxylation is 2. The Morgan fingerprint density at radius 2 is 2.08 bits per heavy atom. The molecule has 3 aromatic rings. The highest BCUT2D eigenvalue weighted by molar-refractivity contribution is 9.10. The van der Waals surface area contributed by atoms with Crippen LogP contribution in [-0.2, 0) is 13.6 Å². The van der Waals surface area contributed by atoms with Crippen molar-refractivity contribution in [2.24, 2.45) is 7.05 Å². The van der Waals surface area contributed by atoms with Gasteiger partial charge in [-0.2, -0.15) is 10.2 Å². The molecule has 0 fully saturated rings. The molecule has 8 heteroatoms. The Morgan fingerprint density at radius 1 is 1.31 bits per heavy atom. The van der Waals surface area contributed by atoms with Crippen molar-refractivity contribution in [3.05, 3.63) is 57.6 Å². The Balaban J connectivity index is 1.83. The molecule has 1 N–H and O–H groups in total. The first kappa shape index (κ1) is 18.2. The molecule has 0 saturated heterocycles. The standard InChI is InChI=1S/C18H20BrN5O2/c1-11-16(20-18(25)17-15(19)10-23(3)22-17)12(2)24(21-11)9-13-6-5-7-14(8-13)26-4/h5-8,10H,9H2,1-4H3,(H,20,25). The third-order valence-electron chi connectivity index (χ3n) is 4.09. The lowest BCUT2D eigenvalue weighted by atomic mass is 10.2. The zero-order valence-corrected chi connectivity index (χ0v) is 16.7. The average Bonchev–Trinajstić information content (AvgIpc) is 3.08. The zero-order chi connectivity index (χ0) is 18.8. The Kier molecular flexibility index (Phi) is 5.13. The topological polar surface area (TPSA) is 74.0 Å². The second-order valence-corrected chi connectivity index (χ2v) is 6.86. The first-order valence-corrected chi connectivity index (χ1v) is 8.85. The van der Waals surface area contributed by atoms with Gasteiger partial charge in [0.15, 0.2) is 5.69 Å². The normalized spacial score (nSPS) is 10.8. The first-order valence-electron chi connectivity index (χ1n) is 8.06. The predicted molar refractivity (Wildman–Crippen MR) is 103 cm³/mol. The minimum atomic E-state index is -0.274. The quantitative estimate of drug-likeness (QED) is 0.690. The van der Waals surface area contributed by atoms with Gasteiger partial charge in [-0.1, -0.05) is 12.1 Å². The van der Waals surface area contributed by atoms with Crippen molar-refractivity contribution < 1.29 is 9.53 Å². The summed E-state index contributed by atoms with van der Waals surface area (Å²) in [6, 6.07) is 7.84. The molecule has 0 atom stereocenters. The van der Waals surface area contributed by atoms with E-state index in [1.54, 1.807) is 25.0 Å². The van der Waals surface area contributed by atoms with Gasteiger partial charge in [-0.3, -0.25) is 14.2 Å². The van der Waals surface area contributed by atoms with Crippen LogP contribution in [0.15, 0.2) is 34.9 Å². The molecule has 7 nitrogen and oxygen atoms in total. The summed E-state index contributed by atoms with van der Waals surface area (Å²) in [6.07, 6.45) is 1.74. The summed E-state index contributed by atoms with van der Waals surface area (Å²) in [5.74, 6) is 0.530. The maximum Gasteiger partial charge on any atom is 0.277 e. The van der Waals surface area contributed by atoms with Crippen molar-refractivity contribution >= 4 is 27.5 Å². The molecule has 26 heavy (non-hydrogen) atoms. The fourth-order valence-electron chi connectivity index (χ4n) is 2.76. The number of hydrogen-bond acceptors (Lipinski definition) is 4. The van der Waals surface area contributed by atoms with E-state index in [-0.39, 0.29) is 5.91 Å². The fraction of sp³-hybridized carbons (Fsp3) is 0.278. The molecule has 0 spiro atoms. The molecule has 0 radical (unpaired) electrons. The van der Waals surface area contributed by atoms with Gasteiger partial charge in [-0.15, -0.1) is 0 Å². The van der Waals surface area contributed by atoms with Crippen molar-refractivity contribution in [1.29, 1.82) is 0 Å². The van der Waals surface area contributed by atoms with E-state index in [2.05, 4.69) is 31.4 Å². The molecule has 0 aliphatic rings. The van der Waals surface area contributed by atoms with E-state index < -0.39 is 0 Å². The van der Waals surface area contributed by atoms with E-state index >= 15 is 0 Å². The number of carbonyl (C=O) groups is 1. The van der Waals surface area contributed by atoms with Gasteiger partial charge in [-0.25, -0.2) is 0 Å². The molecule has 1 aromatic carbocycles. The lowest BCUT2D eigenvalue weighted by molar-refractivity contribution is 0.102. The van der Waals surface area contributed by atoms with E-state index in [0.717, 1.165) is 22.7 Å². The zero-order valence-electron chi connectivity index (χ0n) is 15.1. The van der Waals surface area contributed by atoms with Crippen LogP contribution in [-0.4, -0.2) is 32.6 Å². The summed E-state index contributed by atoms with van der Waals surface area (Å²) in [7, 11) is 3.41. The summed E-state index contributed by atoms with van der Waals surface area (Å²) >= 11 is 3.35. The number of halogens is 1. The molecule has 0 saturated carbocycles. The minimum absolute atomic E-state index is 0.274. The highest BCUT2D eigenvalue weighted by Crippen LogP contribution is 2.23. The monoisotopic (exact) mass is 417 g/mol. The average molecular weight is 418 g/mol. The lowest BCUT2D eigenvalue weighted by Crippen LogP contribution is -2.15. The molecule has 2 heterocycles. The molecule has 0 aliphatic carbocycles. The number of anilines is 1. The molecule has 3 rings (SSSR count). The van der Waals surface area contributed by atoms with Crippen molar-refractivity contribution in [2.75, 3.05) is 12.4 Å². The summed E-state index contributed by atoms with van der Waals surface area (Å²) in [5.41, 5.74) is 3.75. The van der Waals surface area contributed by atoms with Crippen LogP contribution in [0.5, 0.6) is 5.75 Å². The molecule has 0 aliphatic heterocycles. The molecule has 136 valence electrons. The van der Waals surface area contributed by atoms with Crippen molar-refractivity contribution in [3.63, 3.8) is 0 Å². The summed E-state index contributed by atoms with van der Waals surface area (Å²) in [4.78, 5) is 12.5. The van der Waals surface area contributed by atoms with Gasteiger partial charge in [0.1, 0.15) is 5.75 Å². The van der Waals surface area contributed by atoms with Gasteiger partial charge in [0.2, 0.25) is 0 Å². The van der Waals surface area contributed by atoms with E-state index in [1.165, 1.54) is 0 Å². The number of benzene rings is 1. The van der Waals surface area contributed by atoms with Gasteiger partial charge in [0.25, 0.3) is 5.91 Å². The molecule has 0 unspecified atom stereocenters. The van der Waals surface area contributed by atoms with Crippen LogP contribution in [0.2, 0.25) is 0 Å². The third-order valence-corrected chi connectivity index (χ3v) is 4.67. The molecular weight excluding hydrogens is 398 g/mol. The van der Waals surface area contributed by atoms with Gasteiger partial charge in [0, 0.05) is 13.2 Å². The van der Waals surface area contributed by atoms with Gasteiger partial charge in [0.05, 0.1) is 35.2 Å². The summed E-state index contributed by atoms with van der Waals surface area (Å²) in [5, 5.41) is 11.7. The molecule has 0 bridgehead atoms. The summed E-state index contributed by atoms with van der Waals surface area (Å²) < 4.78 is 9.37. The Labute approximate surface area is 160 Å². The van der Waals surface area contributed by atoms with Gasteiger partial charge >= 0.3 is 0 Å². The van der Waals surface area contributed by atoms with Gasteiger partial charge in [-0.05, 0) is 47.5 Å². The number of nitrogens with zero attached hydrogens (tertiary/aromatic N) is 4. The van der Waals surface area contributed by atoms with Crippen molar-refractivity contribution in [1.82, 2.24) is 19.6 Å². The minimum Gasteiger partial charge on any atom is -0.497 e. The number of amides is 1. The number of hydrogen-bond donors (Lipinski definition) is 1. The van der Waals surface area contributed by atoms with Crippen molar-refractivity contribution in [2.45, 2.75) is 20.4 Å². The Morgan fingerprint density at radius 3 is 2.73 bits per heavy atom. The number of aromatic nitrogens is 4. The number of methoxy groups -OCH3 is 1. The molecule has 2 aromatic heterocycles. The smallest absolute Gasteiger partial charge is 0.277 e. The highest BCUT2D eigenvalue weighted by atomic mass is 79.9.